The Bertz CT molecular complexity index is 745. The van der Waals surface area contributed by atoms with Crippen molar-refractivity contribution in [2.24, 2.45) is 0 Å². The highest BCUT2D eigenvalue weighted by Gasteiger charge is 2.31. The highest BCUT2D eigenvalue weighted by atomic mass is 32.2. The van der Waals surface area contributed by atoms with E-state index in [4.69, 9.17) is 4.74 Å². The van der Waals surface area contributed by atoms with E-state index in [0.717, 1.165) is 12.8 Å². The van der Waals surface area contributed by atoms with Gasteiger partial charge in [0.1, 0.15) is 10.7 Å². The van der Waals surface area contributed by atoms with Crippen molar-refractivity contribution in [3.05, 3.63) is 60.2 Å². The predicted octanol–water partition coefficient (Wildman–Crippen LogP) is 2.42. The third kappa shape index (κ3) is 3.74. The molecule has 0 aliphatic carbocycles. The van der Waals surface area contributed by atoms with Gasteiger partial charge in [0.05, 0.1) is 12.1 Å². The van der Waals surface area contributed by atoms with Crippen LogP contribution in [0.15, 0.2) is 53.7 Å². The molecule has 23 heavy (non-hydrogen) atoms. The molecule has 3 rings (SSSR count). The maximum Gasteiger partial charge on any atom is 0.242 e. The number of nitrogens with one attached hydrogen (secondary N) is 1. The van der Waals surface area contributed by atoms with Gasteiger partial charge < -0.3 is 4.74 Å². The van der Waals surface area contributed by atoms with E-state index >= 15 is 0 Å². The van der Waals surface area contributed by atoms with Gasteiger partial charge in [-0.2, -0.15) is 0 Å². The summed E-state index contributed by atoms with van der Waals surface area (Å²) in [4.78, 5) is 3.93. The third-order valence-corrected chi connectivity index (χ3v) is 5.22. The molecule has 2 aromatic rings. The van der Waals surface area contributed by atoms with Crippen molar-refractivity contribution in [2.75, 3.05) is 6.61 Å². The number of halogens is 1. The Morgan fingerprint density at radius 1 is 1.26 bits per heavy atom. The standard InChI is InChI=1S/C16H17FN2O3S/c17-13-7-5-12(6-8-13)16(15-4-2-10-22-15)19-23(20,21)14-3-1-9-18-11-14/h1,3,5-9,11,15-16,19H,2,4,10H2/t15-,16-/m0/s1. The lowest BCUT2D eigenvalue weighted by Crippen LogP contribution is -2.36. The van der Waals surface area contributed by atoms with Crippen LogP contribution >= 0.6 is 0 Å². The van der Waals surface area contributed by atoms with E-state index < -0.39 is 16.1 Å². The van der Waals surface area contributed by atoms with Crippen LogP contribution in [0, 0.1) is 5.82 Å². The first kappa shape index (κ1) is 16.0. The fourth-order valence-corrected chi connectivity index (χ4v) is 3.85. The molecule has 5 nitrogen and oxygen atoms in total. The van der Waals surface area contributed by atoms with Crippen LogP contribution < -0.4 is 4.72 Å². The van der Waals surface area contributed by atoms with E-state index in [2.05, 4.69) is 9.71 Å². The Hall–Kier alpha value is -1.83. The molecule has 1 fully saturated rings. The van der Waals surface area contributed by atoms with Crippen molar-refractivity contribution >= 4 is 10.0 Å². The van der Waals surface area contributed by atoms with Gasteiger partial charge in [-0.25, -0.2) is 17.5 Å². The fraction of sp³-hybridized carbons (Fsp3) is 0.312. The molecule has 1 aliphatic rings. The fourth-order valence-electron chi connectivity index (χ4n) is 2.64. The minimum absolute atomic E-state index is 0.0881. The minimum Gasteiger partial charge on any atom is -0.376 e. The Balaban J connectivity index is 1.91. The maximum atomic E-state index is 13.2. The normalized spacial score (nSPS) is 19.6. The van der Waals surface area contributed by atoms with Crippen LogP contribution in [0.5, 0.6) is 0 Å². The quantitative estimate of drug-likeness (QED) is 0.910. The number of hydrogen-bond donors (Lipinski definition) is 1. The molecule has 2 heterocycles. The van der Waals surface area contributed by atoms with Crippen molar-refractivity contribution in [1.82, 2.24) is 9.71 Å². The first-order chi connectivity index (χ1) is 11.1. The third-order valence-electron chi connectivity index (χ3n) is 3.79. The molecule has 2 atom stereocenters. The van der Waals surface area contributed by atoms with Crippen LogP contribution in [0.2, 0.25) is 0 Å². The lowest BCUT2D eigenvalue weighted by molar-refractivity contribution is 0.0851. The lowest BCUT2D eigenvalue weighted by Gasteiger charge is -2.24. The summed E-state index contributed by atoms with van der Waals surface area (Å²) >= 11 is 0. The highest BCUT2D eigenvalue weighted by Crippen LogP contribution is 2.28. The molecule has 7 heteroatoms. The van der Waals surface area contributed by atoms with E-state index in [1.165, 1.54) is 30.6 Å². The molecule has 1 saturated heterocycles. The summed E-state index contributed by atoms with van der Waals surface area (Å²) in [6.07, 6.45) is 4.15. The Morgan fingerprint density at radius 2 is 2.04 bits per heavy atom. The zero-order valence-corrected chi connectivity index (χ0v) is 13.2. The Labute approximate surface area is 134 Å². The molecule has 0 unspecified atom stereocenters. The smallest absolute Gasteiger partial charge is 0.242 e. The average Bonchev–Trinajstić information content (AvgIpc) is 3.09. The summed E-state index contributed by atoms with van der Waals surface area (Å²) in [5, 5.41) is 0. The van der Waals surface area contributed by atoms with Crippen LogP contribution in [0.25, 0.3) is 0 Å². The first-order valence-corrected chi connectivity index (χ1v) is 8.84. The minimum atomic E-state index is -3.74. The number of rotatable bonds is 5. The number of benzene rings is 1. The van der Waals surface area contributed by atoms with Gasteiger partial charge in [-0.05, 0) is 42.7 Å². The van der Waals surface area contributed by atoms with Gasteiger partial charge >= 0.3 is 0 Å². The second-order valence-electron chi connectivity index (χ2n) is 5.39. The van der Waals surface area contributed by atoms with Crippen LogP contribution in [-0.4, -0.2) is 26.1 Å². The molecule has 1 aliphatic heterocycles. The van der Waals surface area contributed by atoms with E-state index in [1.807, 2.05) is 0 Å². The molecule has 0 radical (unpaired) electrons. The SMILES string of the molecule is O=S(=O)(N[C@@H](c1ccc(F)cc1)[C@@H]1CCCO1)c1cccnc1. The maximum absolute atomic E-state index is 13.2. The predicted molar refractivity (Wildman–Crippen MR) is 82.7 cm³/mol. The van der Waals surface area contributed by atoms with E-state index in [-0.39, 0.29) is 16.8 Å². The largest absolute Gasteiger partial charge is 0.376 e. The number of ether oxygens (including phenoxy) is 1. The lowest BCUT2D eigenvalue weighted by atomic mass is 10.0. The molecule has 122 valence electrons. The van der Waals surface area contributed by atoms with Crippen molar-refractivity contribution in [3.8, 4) is 0 Å². The summed E-state index contributed by atoms with van der Waals surface area (Å²) in [7, 11) is -3.74. The van der Waals surface area contributed by atoms with Gasteiger partial charge in [0.2, 0.25) is 10.0 Å². The second kappa shape index (κ2) is 6.74. The van der Waals surface area contributed by atoms with Crippen molar-refractivity contribution in [3.63, 3.8) is 0 Å². The number of pyridine rings is 1. The Kier molecular flexibility index (Phi) is 4.70. The van der Waals surface area contributed by atoms with E-state index in [1.54, 1.807) is 18.2 Å². The second-order valence-corrected chi connectivity index (χ2v) is 7.10. The monoisotopic (exact) mass is 336 g/mol. The highest BCUT2D eigenvalue weighted by molar-refractivity contribution is 7.89. The summed E-state index contributed by atoms with van der Waals surface area (Å²) in [6, 6.07) is 8.26. The van der Waals surface area contributed by atoms with Crippen LogP contribution in [0.1, 0.15) is 24.4 Å². The average molecular weight is 336 g/mol. The summed E-state index contributed by atoms with van der Waals surface area (Å²) in [5.74, 6) is -0.366. The number of nitrogens with zero attached hydrogens (tertiary/aromatic N) is 1. The molecular weight excluding hydrogens is 319 g/mol. The zero-order valence-electron chi connectivity index (χ0n) is 12.4. The van der Waals surface area contributed by atoms with Crippen molar-refractivity contribution < 1.29 is 17.5 Å². The van der Waals surface area contributed by atoms with Crippen molar-refractivity contribution in [2.45, 2.75) is 29.9 Å². The van der Waals surface area contributed by atoms with Crippen LogP contribution in [0.3, 0.4) is 0 Å². The number of sulfonamides is 1. The topological polar surface area (TPSA) is 68.3 Å². The number of hydrogen-bond acceptors (Lipinski definition) is 4. The first-order valence-electron chi connectivity index (χ1n) is 7.36. The van der Waals surface area contributed by atoms with E-state index in [0.29, 0.717) is 12.2 Å². The van der Waals surface area contributed by atoms with Crippen molar-refractivity contribution in [1.29, 1.82) is 0 Å². The molecule has 0 bridgehead atoms. The molecular formula is C16H17FN2O3S. The van der Waals surface area contributed by atoms with Crippen LogP contribution in [0.4, 0.5) is 4.39 Å². The molecule has 0 saturated carbocycles. The van der Waals surface area contributed by atoms with Gasteiger partial charge in [-0.1, -0.05) is 12.1 Å². The van der Waals surface area contributed by atoms with Crippen LogP contribution in [-0.2, 0) is 14.8 Å². The molecule has 1 aromatic carbocycles. The van der Waals surface area contributed by atoms with Gasteiger partial charge in [0.25, 0.3) is 0 Å². The summed E-state index contributed by atoms with van der Waals surface area (Å²) in [5.41, 5.74) is 0.672. The van der Waals surface area contributed by atoms with Gasteiger partial charge in [-0.15, -0.1) is 0 Å². The van der Waals surface area contributed by atoms with E-state index in [9.17, 15) is 12.8 Å². The number of aromatic nitrogens is 1. The Morgan fingerprint density at radius 3 is 2.65 bits per heavy atom. The molecule has 0 amide bonds. The molecule has 1 N–H and O–H groups in total. The van der Waals surface area contributed by atoms with Gasteiger partial charge in [0, 0.05) is 19.0 Å². The molecule has 0 spiro atoms. The van der Waals surface area contributed by atoms with Gasteiger partial charge in [-0.3, -0.25) is 4.98 Å². The summed E-state index contributed by atoms with van der Waals surface area (Å²) < 4.78 is 46.6. The van der Waals surface area contributed by atoms with Gasteiger partial charge in [0.15, 0.2) is 0 Å². The zero-order chi connectivity index (χ0) is 16.3. The summed E-state index contributed by atoms with van der Waals surface area (Å²) in [6.45, 7) is 0.594. The molecule has 1 aromatic heterocycles.